The molecule has 0 saturated carbocycles. The van der Waals surface area contributed by atoms with Gasteiger partial charge in [0.15, 0.2) is 0 Å². The summed E-state index contributed by atoms with van der Waals surface area (Å²) in [6.45, 7) is 2.08. The Hall–Kier alpha value is -1.83. The van der Waals surface area contributed by atoms with Gasteiger partial charge in [-0.05, 0) is 29.7 Å². The zero-order valence-electron chi connectivity index (χ0n) is 9.13. The van der Waals surface area contributed by atoms with Gasteiger partial charge in [-0.1, -0.05) is 24.3 Å². The van der Waals surface area contributed by atoms with Gasteiger partial charge >= 0.3 is 0 Å². The van der Waals surface area contributed by atoms with E-state index < -0.39 is 0 Å². The Balaban J connectivity index is 1.84. The SMILES string of the molecule is c1cncc(CN2CCc3ccccc32)c1. The summed E-state index contributed by atoms with van der Waals surface area (Å²) in [5, 5.41) is 0. The second kappa shape index (κ2) is 3.97. The molecule has 0 amide bonds. The van der Waals surface area contributed by atoms with Crippen molar-refractivity contribution >= 4 is 5.69 Å². The highest BCUT2D eigenvalue weighted by molar-refractivity contribution is 5.57. The molecule has 2 aromatic rings. The van der Waals surface area contributed by atoms with Crippen LogP contribution in [0.2, 0.25) is 0 Å². The average Bonchev–Trinajstić information content (AvgIpc) is 2.74. The van der Waals surface area contributed by atoms with Crippen molar-refractivity contribution in [3.05, 3.63) is 59.9 Å². The van der Waals surface area contributed by atoms with Gasteiger partial charge in [0.1, 0.15) is 0 Å². The third-order valence-corrected chi connectivity index (χ3v) is 3.08. The average molecular weight is 210 g/mol. The van der Waals surface area contributed by atoms with E-state index in [4.69, 9.17) is 0 Å². The van der Waals surface area contributed by atoms with Crippen molar-refractivity contribution in [1.29, 1.82) is 0 Å². The van der Waals surface area contributed by atoms with Crippen LogP contribution in [-0.4, -0.2) is 11.5 Å². The number of rotatable bonds is 2. The lowest BCUT2D eigenvalue weighted by atomic mass is 10.2. The highest BCUT2D eigenvalue weighted by Crippen LogP contribution is 2.28. The molecule has 1 aliphatic rings. The molecule has 0 saturated heterocycles. The van der Waals surface area contributed by atoms with E-state index >= 15 is 0 Å². The summed E-state index contributed by atoms with van der Waals surface area (Å²) in [6, 6.07) is 12.8. The minimum absolute atomic E-state index is 0.963. The fourth-order valence-electron chi connectivity index (χ4n) is 2.28. The van der Waals surface area contributed by atoms with Gasteiger partial charge in [0.25, 0.3) is 0 Å². The Bertz CT molecular complexity index is 479. The van der Waals surface area contributed by atoms with Crippen molar-refractivity contribution in [2.45, 2.75) is 13.0 Å². The van der Waals surface area contributed by atoms with Crippen LogP contribution in [0.25, 0.3) is 0 Å². The molecule has 0 fully saturated rings. The summed E-state index contributed by atoms with van der Waals surface area (Å²) in [6.07, 6.45) is 4.93. The minimum Gasteiger partial charge on any atom is -0.367 e. The Kier molecular flexibility index (Phi) is 2.33. The maximum absolute atomic E-state index is 4.16. The monoisotopic (exact) mass is 210 g/mol. The van der Waals surface area contributed by atoms with E-state index in [1.54, 1.807) is 0 Å². The van der Waals surface area contributed by atoms with Gasteiger partial charge < -0.3 is 4.90 Å². The number of hydrogen-bond donors (Lipinski definition) is 0. The molecular weight excluding hydrogens is 196 g/mol. The second-order valence-electron chi connectivity index (χ2n) is 4.16. The first kappa shape index (κ1) is 9.40. The molecule has 3 rings (SSSR count). The molecule has 1 aromatic carbocycles. The number of benzene rings is 1. The lowest BCUT2D eigenvalue weighted by Crippen LogP contribution is -2.19. The highest BCUT2D eigenvalue weighted by Gasteiger charge is 2.17. The number of aromatic nitrogens is 1. The Labute approximate surface area is 95.6 Å². The van der Waals surface area contributed by atoms with Crippen LogP contribution >= 0.6 is 0 Å². The van der Waals surface area contributed by atoms with Gasteiger partial charge in [0.05, 0.1) is 0 Å². The smallest absolute Gasteiger partial charge is 0.0444 e. The maximum Gasteiger partial charge on any atom is 0.0444 e. The Morgan fingerprint density at radius 2 is 2.06 bits per heavy atom. The number of nitrogens with zero attached hydrogens (tertiary/aromatic N) is 2. The van der Waals surface area contributed by atoms with Crippen LogP contribution in [0, 0.1) is 0 Å². The molecule has 1 aromatic heterocycles. The largest absolute Gasteiger partial charge is 0.367 e. The van der Waals surface area contributed by atoms with Crippen molar-refractivity contribution in [2.24, 2.45) is 0 Å². The quantitative estimate of drug-likeness (QED) is 0.757. The van der Waals surface area contributed by atoms with Crippen molar-refractivity contribution in [1.82, 2.24) is 4.98 Å². The number of para-hydroxylation sites is 1. The van der Waals surface area contributed by atoms with Crippen LogP contribution < -0.4 is 4.90 Å². The van der Waals surface area contributed by atoms with Gasteiger partial charge in [-0.3, -0.25) is 4.98 Å². The second-order valence-corrected chi connectivity index (χ2v) is 4.16. The van der Waals surface area contributed by atoms with E-state index in [1.165, 1.54) is 16.8 Å². The Morgan fingerprint density at radius 1 is 1.12 bits per heavy atom. The fourth-order valence-corrected chi connectivity index (χ4v) is 2.28. The molecule has 2 heterocycles. The topological polar surface area (TPSA) is 16.1 Å². The van der Waals surface area contributed by atoms with Crippen molar-refractivity contribution in [3.8, 4) is 0 Å². The molecule has 16 heavy (non-hydrogen) atoms. The van der Waals surface area contributed by atoms with Crippen molar-refractivity contribution in [3.63, 3.8) is 0 Å². The zero-order valence-corrected chi connectivity index (χ0v) is 9.13. The van der Waals surface area contributed by atoms with E-state index in [0.29, 0.717) is 0 Å². The van der Waals surface area contributed by atoms with E-state index in [1.807, 2.05) is 18.5 Å². The van der Waals surface area contributed by atoms with Crippen molar-refractivity contribution < 1.29 is 0 Å². The third-order valence-electron chi connectivity index (χ3n) is 3.08. The van der Waals surface area contributed by atoms with Crippen molar-refractivity contribution in [2.75, 3.05) is 11.4 Å². The fraction of sp³-hybridized carbons (Fsp3) is 0.214. The molecule has 1 aliphatic heterocycles. The van der Waals surface area contributed by atoms with Gasteiger partial charge in [-0.15, -0.1) is 0 Å². The molecule has 80 valence electrons. The van der Waals surface area contributed by atoms with Gasteiger partial charge in [-0.25, -0.2) is 0 Å². The van der Waals surface area contributed by atoms with Crippen LogP contribution in [0.5, 0.6) is 0 Å². The van der Waals surface area contributed by atoms with E-state index in [-0.39, 0.29) is 0 Å². The molecule has 0 bridgehead atoms. The molecule has 0 radical (unpaired) electrons. The molecule has 0 unspecified atom stereocenters. The predicted octanol–water partition coefficient (Wildman–Crippen LogP) is 2.64. The Morgan fingerprint density at radius 3 is 2.94 bits per heavy atom. The molecule has 2 heteroatoms. The normalized spacial score (nSPS) is 13.9. The van der Waals surface area contributed by atoms with Crippen LogP contribution in [0.15, 0.2) is 48.8 Å². The lowest BCUT2D eigenvalue weighted by molar-refractivity contribution is 0.832. The first-order valence-electron chi connectivity index (χ1n) is 5.65. The summed E-state index contributed by atoms with van der Waals surface area (Å²) < 4.78 is 0. The first-order valence-corrected chi connectivity index (χ1v) is 5.65. The molecule has 0 N–H and O–H groups in total. The van der Waals surface area contributed by atoms with Crippen LogP contribution in [0.4, 0.5) is 5.69 Å². The minimum atomic E-state index is 0.963. The van der Waals surface area contributed by atoms with Crippen LogP contribution in [0.1, 0.15) is 11.1 Å². The number of anilines is 1. The maximum atomic E-state index is 4.16. The standard InChI is InChI=1S/C14H14N2/c1-2-6-14-13(5-1)7-9-16(14)11-12-4-3-8-15-10-12/h1-6,8,10H,7,9,11H2. The molecule has 0 aliphatic carbocycles. The zero-order chi connectivity index (χ0) is 10.8. The summed E-state index contributed by atoms with van der Waals surface area (Å²) in [5.74, 6) is 0. The van der Waals surface area contributed by atoms with Gasteiger partial charge in [0, 0.05) is 31.2 Å². The number of fused-ring (bicyclic) bond motifs is 1. The lowest BCUT2D eigenvalue weighted by Gasteiger charge is -2.19. The molecule has 0 spiro atoms. The van der Waals surface area contributed by atoms with E-state index in [9.17, 15) is 0 Å². The summed E-state index contributed by atoms with van der Waals surface area (Å²) in [7, 11) is 0. The highest BCUT2D eigenvalue weighted by atomic mass is 15.1. The third kappa shape index (κ3) is 1.67. The van der Waals surface area contributed by atoms with Crippen LogP contribution in [0.3, 0.4) is 0 Å². The summed E-state index contributed by atoms with van der Waals surface area (Å²) >= 11 is 0. The first-order chi connectivity index (χ1) is 7.93. The summed E-state index contributed by atoms with van der Waals surface area (Å²) in [4.78, 5) is 6.58. The molecule has 0 atom stereocenters. The molecular formula is C14H14N2. The van der Waals surface area contributed by atoms with Gasteiger partial charge in [0.2, 0.25) is 0 Å². The number of hydrogen-bond acceptors (Lipinski definition) is 2. The molecule has 2 nitrogen and oxygen atoms in total. The van der Waals surface area contributed by atoms with E-state index in [2.05, 4.69) is 40.2 Å². The predicted molar refractivity (Wildman–Crippen MR) is 65.4 cm³/mol. The van der Waals surface area contributed by atoms with Gasteiger partial charge in [-0.2, -0.15) is 0 Å². The van der Waals surface area contributed by atoms with Crippen LogP contribution in [-0.2, 0) is 13.0 Å². The van der Waals surface area contributed by atoms with E-state index in [0.717, 1.165) is 19.5 Å². The number of pyridine rings is 1. The summed E-state index contributed by atoms with van der Waals surface area (Å²) in [5.41, 5.74) is 4.12.